The molecule has 86 valence electrons. The van der Waals surface area contributed by atoms with Crippen LogP contribution in [0.2, 0.25) is 0 Å². The Morgan fingerprint density at radius 1 is 1.53 bits per heavy atom. The van der Waals surface area contributed by atoms with E-state index in [1.54, 1.807) is 0 Å². The first-order chi connectivity index (χ1) is 7.19. The zero-order valence-corrected chi connectivity index (χ0v) is 9.77. The fourth-order valence-electron chi connectivity index (χ4n) is 1.58. The Morgan fingerprint density at radius 2 is 2.27 bits per heavy atom. The standard InChI is InChI=1S/C11H21N3O/c1-4-12-11(5-6-15)10-7-13-14(8-10)9(2)3/h7-9,11-12,15H,4-6H2,1-3H3. The lowest BCUT2D eigenvalue weighted by Crippen LogP contribution is -2.21. The Morgan fingerprint density at radius 3 is 2.73 bits per heavy atom. The first-order valence-electron chi connectivity index (χ1n) is 5.57. The van der Waals surface area contributed by atoms with Crippen LogP contribution in [0.15, 0.2) is 12.4 Å². The van der Waals surface area contributed by atoms with Gasteiger partial charge in [-0.25, -0.2) is 0 Å². The summed E-state index contributed by atoms with van der Waals surface area (Å²) in [6.45, 7) is 7.37. The van der Waals surface area contributed by atoms with E-state index in [2.05, 4.69) is 31.2 Å². The third-order valence-corrected chi connectivity index (χ3v) is 2.42. The lowest BCUT2D eigenvalue weighted by atomic mass is 10.1. The minimum atomic E-state index is 0.199. The molecular formula is C11H21N3O. The van der Waals surface area contributed by atoms with Gasteiger partial charge < -0.3 is 10.4 Å². The number of aliphatic hydroxyl groups excluding tert-OH is 1. The van der Waals surface area contributed by atoms with Crippen molar-refractivity contribution in [3.8, 4) is 0 Å². The second-order valence-corrected chi connectivity index (χ2v) is 3.97. The molecule has 0 bridgehead atoms. The first-order valence-corrected chi connectivity index (χ1v) is 5.57. The van der Waals surface area contributed by atoms with Crippen LogP contribution in [0.3, 0.4) is 0 Å². The van der Waals surface area contributed by atoms with Crippen molar-refractivity contribution in [3.63, 3.8) is 0 Å². The van der Waals surface area contributed by atoms with Crippen LogP contribution >= 0.6 is 0 Å². The molecule has 1 atom stereocenters. The molecule has 2 N–H and O–H groups in total. The molecule has 0 aromatic carbocycles. The Balaban J connectivity index is 2.72. The highest BCUT2D eigenvalue weighted by Gasteiger charge is 2.12. The van der Waals surface area contributed by atoms with Gasteiger partial charge in [-0.1, -0.05) is 6.92 Å². The summed E-state index contributed by atoms with van der Waals surface area (Å²) in [5.41, 5.74) is 1.15. The number of rotatable bonds is 6. The molecule has 0 amide bonds. The van der Waals surface area contributed by atoms with E-state index in [1.807, 2.05) is 17.1 Å². The highest BCUT2D eigenvalue weighted by atomic mass is 16.3. The average molecular weight is 211 g/mol. The lowest BCUT2D eigenvalue weighted by molar-refractivity contribution is 0.266. The van der Waals surface area contributed by atoms with Crippen molar-refractivity contribution in [2.75, 3.05) is 13.2 Å². The van der Waals surface area contributed by atoms with Gasteiger partial charge in [0.25, 0.3) is 0 Å². The number of aromatic nitrogens is 2. The Hall–Kier alpha value is -0.870. The van der Waals surface area contributed by atoms with E-state index in [0.29, 0.717) is 6.04 Å². The molecule has 15 heavy (non-hydrogen) atoms. The highest BCUT2D eigenvalue weighted by molar-refractivity contribution is 5.10. The number of nitrogens with zero attached hydrogens (tertiary/aromatic N) is 2. The van der Waals surface area contributed by atoms with Crippen LogP contribution in [0, 0.1) is 0 Å². The van der Waals surface area contributed by atoms with Crippen LogP contribution < -0.4 is 5.32 Å². The van der Waals surface area contributed by atoms with Gasteiger partial charge in [0.2, 0.25) is 0 Å². The molecule has 0 saturated heterocycles. The summed E-state index contributed by atoms with van der Waals surface area (Å²) < 4.78 is 1.94. The maximum atomic E-state index is 8.97. The molecule has 0 fully saturated rings. The van der Waals surface area contributed by atoms with E-state index in [4.69, 9.17) is 5.11 Å². The molecule has 1 heterocycles. The summed E-state index contributed by atoms with van der Waals surface area (Å²) in [5.74, 6) is 0. The fourth-order valence-corrected chi connectivity index (χ4v) is 1.58. The normalized spacial score (nSPS) is 13.4. The van der Waals surface area contributed by atoms with Gasteiger partial charge in [-0.05, 0) is 26.8 Å². The Labute approximate surface area is 91.3 Å². The second-order valence-electron chi connectivity index (χ2n) is 3.97. The molecule has 0 aliphatic carbocycles. The molecular weight excluding hydrogens is 190 g/mol. The largest absolute Gasteiger partial charge is 0.396 e. The van der Waals surface area contributed by atoms with Gasteiger partial charge in [-0.3, -0.25) is 4.68 Å². The molecule has 1 aromatic rings. The van der Waals surface area contributed by atoms with E-state index in [1.165, 1.54) is 0 Å². The Kier molecular flexibility index (Phi) is 4.78. The molecule has 1 aromatic heterocycles. The lowest BCUT2D eigenvalue weighted by Gasteiger charge is -2.14. The molecule has 0 saturated carbocycles. The van der Waals surface area contributed by atoms with E-state index in [-0.39, 0.29) is 12.6 Å². The van der Waals surface area contributed by atoms with Crippen LogP contribution in [-0.2, 0) is 0 Å². The molecule has 0 aliphatic heterocycles. The second kappa shape index (κ2) is 5.88. The van der Waals surface area contributed by atoms with Gasteiger partial charge in [0, 0.05) is 30.5 Å². The summed E-state index contributed by atoms with van der Waals surface area (Å²) in [7, 11) is 0. The van der Waals surface area contributed by atoms with E-state index < -0.39 is 0 Å². The van der Waals surface area contributed by atoms with Crippen LogP contribution in [0.25, 0.3) is 0 Å². The van der Waals surface area contributed by atoms with Crippen LogP contribution in [-0.4, -0.2) is 28.0 Å². The van der Waals surface area contributed by atoms with Crippen molar-refractivity contribution >= 4 is 0 Å². The van der Waals surface area contributed by atoms with Crippen molar-refractivity contribution in [1.82, 2.24) is 15.1 Å². The topological polar surface area (TPSA) is 50.1 Å². The van der Waals surface area contributed by atoms with Crippen molar-refractivity contribution in [3.05, 3.63) is 18.0 Å². The van der Waals surface area contributed by atoms with E-state index in [0.717, 1.165) is 18.5 Å². The van der Waals surface area contributed by atoms with Gasteiger partial charge in [0.15, 0.2) is 0 Å². The minimum Gasteiger partial charge on any atom is -0.396 e. The number of nitrogens with one attached hydrogen (secondary N) is 1. The average Bonchev–Trinajstić information content (AvgIpc) is 2.66. The van der Waals surface area contributed by atoms with Gasteiger partial charge >= 0.3 is 0 Å². The van der Waals surface area contributed by atoms with Crippen molar-refractivity contribution < 1.29 is 5.11 Å². The highest BCUT2D eigenvalue weighted by Crippen LogP contribution is 2.17. The smallest absolute Gasteiger partial charge is 0.0537 e. The number of hydrogen-bond acceptors (Lipinski definition) is 3. The third-order valence-electron chi connectivity index (χ3n) is 2.42. The maximum Gasteiger partial charge on any atom is 0.0537 e. The quantitative estimate of drug-likeness (QED) is 0.749. The number of hydrogen-bond donors (Lipinski definition) is 2. The Bertz CT molecular complexity index is 277. The molecule has 1 rings (SSSR count). The summed E-state index contributed by atoms with van der Waals surface area (Å²) in [6, 6.07) is 0.600. The maximum absolute atomic E-state index is 8.97. The van der Waals surface area contributed by atoms with Crippen molar-refractivity contribution in [1.29, 1.82) is 0 Å². The summed E-state index contributed by atoms with van der Waals surface area (Å²) >= 11 is 0. The molecule has 0 radical (unpaired) electrons. The van der Waals surface area contributed by atoms with Gasteiger partial charge in [0.05, 0.1) is 6.20 Å². The van der Waals surface area contributed by atoms with Crippen molar-refractivity contribution in [2.45, 2.75) is 39.3 Å². The third kappa shape index (κ3) is 3.32. The summed E-state index contributed by atoms with van der Waals surface area (Å²) in [4.78, 5) is 0. The number of aliphatic hydroxyl groups is 1. The fraction of sp³-hybridized carbons (Fsp3) is 0.727. The molecule has 4 nitrogen and oxygen atoms in total. The predicted octanol–water partition coefficient (Wildman–Crippen LogP) is 1.50. The molecule has 0 spiro atoms. The van der Waals surface area contributed by atoms with Crippen molar-refractivity contribution in [2.24, 2.45) is 0 Å². The zero-order chi connectivity index (χ0) is 11.3. The summed E-state index contributed by atoms with van der Waals surface area (Å²) in [5, 5.41) is 16.6. The van der Waals surface area contributed by atoms with Crippen LogP contribution in [0.5, 0.6) is 0 Å². The van der Waals surface area contributed by atoms with Gasteiger partial charge in [-0.15, -0.1) is 0 Å². The molecule has 0 aliphatic rings. The molecule has 1 unspecified atom stereocenters. The first kappa shape index (κ1) is 12.2. The van der Waals surface area contributed by atoms with E-state index in [9.17, 15) is 0 Å². The molecule has 4 heteroatoms. The van der Waals surface area contributed by atoms with Crippen LogP contribution in [0.1, 0.15) is 44.8 Å². The monoisotopic (exact) mass is 211 g/mol. The van der Waals surface area contributed by atoms with E-state index >= 15 is 0 Å². The van der Waals surface area contributed by atoms with Gasteiger partial charge in [-0.2, -0.15) is 5.10 Å². The summed E-state index contributed by atoms with van der Waals surface area (Å²) in [6.07, 6.45) is 4.66. The minimum absolute atomic E-state index is 0.199. The predicted molar refractivity (Wildman–Crippen MR) is 60.7 cm³/mol. The van der Waals surface area contributed by atoms with Crippen LogP contribution in [0.4, 0.5) is 0 Å². The zero-order valence-electron chi connectivity index (χ0n) is 9.77. The SMILES string of the molecule is CCNC(CCO)c1cnn(C(C)C)c1. The van der Waals surface area contributed by atoms with Gasteiger partial charge in [0.1, 0.15) is 0 Å².